The van der Waals surface area contributed by atoms with Gasteiger partial charge in [0.25, 0.3) is 0 Å². The van der Waals surface area contributed by atoms with Gasteiger partial charge in [0.15, 0.2) is 0 Å². The summed E-state index contributed by atoms with van der Waals surface area (Å²) >= 11 is 0. The summed E-state index contributed by atoms with van der Waals surface area (Å²) in [6.45, 7) is 3.71. The van der Waals surface area contributed by atoms with Crippen molar-refractivity contribution in [3.63, 3.8) is 0 Å². The van der Waals surface area contributed by atoms with Crippen molar-refractivity contribution in [2.75, 3.05) is 39.6 Å². The largest absolute Gasteiger partial charge is 0.496 e. The lowest BCUT2D eigenvalue weighted by Gasteiger charge is -2.27. The number of anilines is 1. The summed E-state index contributed by atoms with van der Waals surface area (Å²) in [6, 6.07) is 5.80. The van der Waals surface area contributed by atoms with Crippen LogP contribution in [0, 0.1) is 5.92 Å². The highest BCUT2D eigenvalue weighted by Crippen LogP contribution is 2.23. The molecule has 1 aliphatic heterocycles. The molecule has 4 nitrogen and oxygen atoms in total. The zero-order chi connectivity index (χ0) is 13.7. The number of methoxy groups -OCH3 is 1. The number of nitrogens with zero attached hydrogens (tertiary/aromatic N) is 1. The number of rotatable bonds is 5. The van der Waals surface area contributed by atoms with E-state index in [1.54, 1.807) is 7.11 Å². The Morgan fingerprint density at radius 3 is 3.00 bits per heavy atom. The van der Waals surface area contributed by atoms with Crippen molar-refractivity contribution in [3.05, 3.63) is 23.8 Å². The lowest BCUT2D eigenvalue weighted by Crippen LogP contribution is -2.30. The zero-order valence-corrected chi connectivity index (χ0v) is 11.9. The van der Waals surface area contributed by atoms with E-state index in [4.69, 9.17) is 15.2 Å². The first-order valence-corrected chi connectivity index (χ1v) is 6.87. The van der Waals surface area contributed by atoms with Crippen LogP contribution in [-0.4, -0.2) is 38.8 Å². The maximum Gasteiger partial charge on any atom is 0.123 e. The van der Waals surface area contributed by atoms with Crippen molar-refractivity contribution >= 4 is 5.69 Å². The Kier molecular flexibility index (Phi) is 5.05. The molecule has 1 atom stereocenters. The number of benzene rings is 1. The van der Waals surface area contributed by atoms with E-state index < -0.39 is 0 Å². The third-order valence-electron chi connectivity index (χ3n) is 3.57. The summed E-state index contributed by atoms with van der Waals surface area (Å²) in [7, 11) is 3.83. The van der Waals surface area contributed by atoms with Gasteiger partial charge in [-0.15, -0.1) is 0 Å². The Morgan fingerprint density at radius 1 is 1.47 bits per heavy atom. The van der Waals surface area contributed by atoms with E-state index >= 15 is 0 Å². The number of nitrogens with two attached hydrogens (primary N) is 1. The van der Waals surface area contributed by atoms with Crippen LogP contribution in [0.5, 0.6) is 5.75 Å². The predicted octanol–water partition coefficient (Wildman–Crippen LogP) is 2.14. The summed E-state index contributed by atoms with van der Waals surface area (Å²) in [5.41, 5.74) is 7.77. The quantitative estimate of drug-likeness (QED) is 0.828. The lowest BCUT2D eigenvalue weighted by molar-refractivity contribution is 0.0411. The number of hydrogen-bond donors (Lipinski definition) is 1. The monoisotopic (exact) mass is 264 g/mol. The molecule has 1 fully saturated rings. The second-order valence-corrected chi connectivity index (χ2v) is 5.35. The maximum absolute atomic E-state index is 5.85. The average molecular weight is 264 g/mol. The Morgan fingerprint density at radius 2 is 2.32 bits per heavy atom. The second kappa shape index (κ2) is 6.78. The fourth-order valence-corrected chi connectivity index (χ4v) is 2.67. The zero-order valence-electron chi connectivity index (χ0n) is 11.9. The fourth-order valence-electron chi connectivity index (χ4n) is 2.67. The predicted molar refractivity (Wildman–Crippen MR) is 77.3 cm³/mol. The SMILES string of the molecule is COc1ccc(N)cc1CN(C)CC1CCCOC1. The van der Waals surface area contributed by atoms with Gasteiger partial charge in [-0.25, -0.2) is 0 Å². The molecule has 0 radical (unpaired) electrons. The summed E-state index contributed by atoms with van der Waals surface area (Å²) in [5, 5.41) is 0. The average Bonchev–Trinajstić information content (AvgIpc) is 2.40. The van der Waals surface area contributed by atoms with Gasteiger partial charge in [-0.3, -0.25) is 0 Å². The molecule has 1 aliphatic rings. The van der Waals surface area contributed by atoms with Gasteiger partial charge in [0.05, 0.1) is 13.7 Å². The van der Waals surface area contributed by atoms with Crippen LogP contribution in [0.4, 0.5) is 5.69 Å². The molecule has 0 spiro atoms. The first-order valence-electron chi connectivity index (χ1n) is 6.87. The normalized spacial score (nSPS) is 19.6. The van der Waals surface area contributed by atoms with E-state index in [2.05, 4.69) is 11.9 Å². The van der Waals surface area contributed by atoms with E-state index in [1.165, 1.54) is 12.8 Å². The summed E-state index contributed by atoms with van der Waals surface area (Å²) < 4.78 is 10.9. The second-order valence-electron chi connectivity index (χ2n) is 5.35. The summed E-state index contributed by atoms with van der Waals surface area (Å²) in [6.07, 6.45) is 2.44. The Balaban J connectivity index is 1.93. The molecule has 106 valence electrons. The Bertz CT molecular complexity index is 403. The van der Waals surface area contributed by atoms with Crippen molar-refractivity contribution in [2.45, 2.75) is 19.4 Å². The van der Waals surface area contributed by atoms with Gasteiger partial charge in [0.2, 0.25) is 0 Å². The maximum atomic E-state index is 5.85. The minimum atomic E-state index is 0.644. The van der Waals surface area contributed by atoms with Crippen molar-refractivity contribution < 1.29 is 9.47 Å². The highest BCUT2D eigenvalue weighted by atomic mass is 16.5. The third kappa shape index (κ3) is 4.11. The molecule has 0 aromatic heterocycles. The van der Waals surface area contributed by atoms with Crippen molar-refractivity contribution in [3.8, 4) is 5.75 Å². The van der Waals surface area contributed by atoms with E-state index in [0.29, 0.717) is 5.92 Å². The minimum Gasteiger partial charge on any atom is -0.496 e. The smallest absolute Gasteiger partial charge is 0.123 e. The molecule has 0 saturated carbocycles. The standard InChI is InChI=1S/C15H24N2O2/c1-17(9-12-4-3-7-19-11-12)10-13-8-14(16)5-6-15(13)18-2/h5-6,8,12H,3-4,7,9-11,16H2,1-2H3. The molecule has 1 aromatic carbocycles. The van der Waals surface area contributed by atoms with Crippen LogP contribution in [0.3, 0.4) is 0 Å². The van der Waals surface area contributed by atoms with Crippen molar-refractivity contribution in [1.82, 2.24) is 4.90 Å². The molecule has 19 heavy (non-hydrogen) atoms. The van der Waals surface area contributed by atoms with E-state index in [1.807, 2.05) is 18.2 Å². The van der Waals surface area contributed by atoms with Crippen LogP contribution in [0.15, 0.2) is 18.2 Å². The lowest BCUT2D eigenvalue weighted by atomic mass is 10.0. The Labute approximate surface area is 115 Å². The van der Waals surface area contributed by atoms with Crippen LogP contribution < -0.4 is 10.5 Å². The van der Waals surface area contributed by atoms with Crippen molar-refractivity contribution in [1.29, 1.82) is 0 Å². The third-order valence-corrected chi connectivity index (χ3v) is 3.57. The summed E-state index contributed by atoms with van der Waals surface area (Å²) in [4.78, 5) is 2.32. The first-order chi connectivity index (χ1) is 9.19. The van der Waals surface area contributed by atoms with Gasteiger partial charge >= 0.3 is 0 Å². The summed E-state index contributed by atoms with van der Waals surface area (Å²) in [5.74, 6) is 1.55. The molecule has 0 aliphatic carbocycles. The Hall–Kier alpha value is -1.26. The molecule has 4 heteroatoms. The highest BCUT2D eigenvalue weighted by molar-refractivity contribution is 5.47. The number of nitrogen functional groups attached to an aromatic ring is 1. The highest BCUT2D eigenvalue weighted by Gasteiger charge is 2.16. The molecule has 1 saturated heterocycles. The minimum absolute atomic E-state index is 0.644. The molecule has 0 bridgehead atoms. The molecule has 1 heterocycles. The molecule has 1 aromatic rings. The van der Waals surface area contributed by atoms with Crippen LogP contribution in [-0.2, 0) is 11.3 Å². The van der Waals surface area contributed by atoms with Gasteiger partial charge in [0.1, 0.15) is 5.75 Å². The van der Waals surface area contributed by atoms with Gasteiger partial charge in [-0.2, -0.15) is 0 Å². The van der Waals surface area contributed by atoms with Crippen LogP contribution in [0.2, 0.25) is 0 Å². The molecule has 1 unspecified atom stereocenters. The molecular weight excluding hydrogens is 240 g/mol. The van der Waals surface area contributed by atoms with Gasteiger partial charge in [-0.1, -0.05) is 0 Å². The first kappa shape index (κ1) is 14.2. The topological polar surface area (TPSA) is 47.7 Å². The fraction of sp³-hybridized carbons (Fsp3) is 0.600. The van der Waals surface area contributed by atoms with E-state index in [9.17, 15) is 0 Å². The van der Waals surface area contributed by atoms with Gasteiger partial charge < -0.3 is 20.1 Å². The van der Waals surface area contributed by atoms with Crippen LogP contribution in [0.1, 0.15) is 18.4 Å². The van der Waals surface area contributed by atoms with Crippen LogP contribution >= 0.6 is 0 Å². The molecule has 2 N–H and O–H groups in total. The molecule has 2 rings (SSSR count). The molecule has 0 amide bonds. The van der Waals surface area contributed by atoms with Crippen LogP contribution in [0.25, 0.3) is 0 Å². The number of hydrogen-bond acceptors (Lipinski definition) is 4. The van der Waals surface area contributed by atoms with Gasteiger partial charge in [-0.05, 0) is 44.0 Å². The molecular formula is C15H24N2O2. The van der Waals surface area contributed by atoms with E-state index in [-0.39, 0.29) is 0 Å². The number of ether oxygens (including phenoxy) is 2. The van der Waals surface area contributed by atoms with Gasteiger partial charge in [0, 0.05) is 30.9 Å². The van der Waals surface area contributed by atoms with E-state index in [0.717, 1.165) is 43.3 Å². The van der Waals surface area contributed by atoms with Crippen molar-refractivity contribution in [2.24, 2.45) is 5.92 Å².